The van der Waals surface area contributed by atoms with Crippen molar-refractivity contribution < 1.29 is 9.15 Å². The first kappa shape index (κ1) is 21.3. The van der Waals surface area contributed by atoms with Gasteiger partial charge in [-0.1, -0.05) is 6.07 Å². The van der Waals surface area contributed by atoms with Gasteiger partial charge in [0.05, 0.1) is 18.3 Å². The van der Waals surface area contributed by atoms with Crippen LogP contribution in [0, 0.1) is 0 Å². The lowest BCUT2D eigenvalue weighted by Gasteiger charge is -2.32. The maximum atomic E-state index is 6.19. The fraction of sp³-hybridized carbons (Fsp3) is 0.231. The highest BCUT2D eigenvalue weighted by Crippen LogP contribution is 2.35. The van der Waals surface area contributed by atoms with E-state index >= 15 is 0 Å². The van der Waals surface area contributed by atoms with Crippen molar-refractivity contribution in [1.82, 2.24) is 19.9 Å². The summed E-state index contributed by atoms with van der Waals surface area (Å²) in [5.41, 5.74) is 3.45. The second kappa shape index (κ2) is 8.84. The average molecular weight is 468 g/mol. The fourth-order valence-electron chi connectivity index (χ4n) is 4.42. The van der Waals surface area contributed by atoms with Crippen LogP contribution in [-0.4, -0.2) is 52.8 Å². The molecule has 1 aromatic carbocycles. The number of morpholine rings is 1. The first-order chi connectivity index (χ1) is 17.2. The molecular weight excluding hydrogens is 442 g/mol. The molecule has 6 rings (SSSR count). The average Bonchev–Trinajstić information content (AvgIpc) is 3.32. The second-order valence-corrected chi connectivity index (χ2v) is 8.52. The van der Waals surface area contributed by atoms with Crippen molar-refractivity contribution in [2.75, 3.05) is 42.3 Å². The van der Waals surface area contributed by atoms with Crippen LogP contribution in [0.2, 0.25) is 0 Å². The van der Waals surface area contributed by atoms with Gasteiger partial charge in [0.1, 0.15) is 23.0 Å². The first-order valence-electron chi connectivity index (χ1n) is 11.6. The number of oxazole rings is 1. The number of ether oxygens (including phenoxy) is 1. The van der Waals surface area contributed by atoms with Crippen molar-refractivity contribution in [3.05, 3.63) is 61.1 Å². The lowest BCUT2D eigenvalue weighted by Crippen LogP contribution is -2.41. The van der Waals surface area contributed by atoms with Crippen LogP contribution in [0.15, 0.2) is 65.5 Å². The molecule has 1 aliphatic rings. The Balaban J connectivity index is 1.41. The van der Waals surface area contributed by atoms with Gasteiger partial charge in [0, 0.05) is 55.2 Å². The number of rotatable bonds is 5. The number of anilines is 4. The summed E-state index contributed by atoms with van der Waals surface area (Å²) >= 11 is 0. The molecule has 0 saturated carbocycles. The number of nitrogens with one attached hydrogen (secondary N) is 2. The van der Waals surface area contributed by atoms with Crippen LogP contribution in [0.1, 0.15) is 6.92 Å². The van der Waals surface area contributed by atoms with E-state index in [1.54, 1.807) is 18.6 Å². The first-order valence-corrected chi connectivity index (χ1v) is 11.6. The molecule has 9 nitrogen and oxygen atoms in total. The van der Waals surface area contributed by atoms with Gasteiger partial charge in [-0.25, -0.2) is 19.9 Å². The summed E-state index contributed by atoms with van der Waals surface area (Å²) in [5, 5.41) is 8.20. The molecule has 1 aliphatic heterocycles. The number of pyridine rings is 3. The SMILES string of the molecule is CNc1ncc(-c2nc3cc(N4CCO[C@H](C)C4)ccc3o2)c2cc(Nc3ccccn3)ncc12. The monoisotopic (exact) mass is 467 g/mol. The van der Waals surface area contributed by atoms with Gasteiger partial charge in [-0.15, -0.1) is 0 Å². The van der Waals surface area contributed by atoms with Gasteiger partial charge in [-0.05, 0) is 43.3 Å². The molecule has 0 amide bonds. The van der Waals surface area contributed by atoms with Crippen molar-refractivity contribution in [2.45, 2.75) is 13.0 Å². The quantitative estimate of drug-likeness (QED) is 0.376. The molecule has 5 aromatic rings. The third-order valence-corrected chi connectivity index (χ3v) is 6.14. The Bertz CT molecular complexity index is 1500. The molecular formula is C26H25N7O2. The van der Waals surface area contributed by atoms with Crippen LogP contribution in [0.4, 0.5) is 23.1 Å². The molecule has 2 N–H and O–H groups in total. The Labute approximate surface area is 202 Å². The van der Waals surface area contributed by atoms with Gasteiger partial charge in [-0.3, -0.25) is 0 Å². The van der Waals surface area contributed by atoms with E-state index in [1.165, 1.54) is 0 Å². The minimum Gasteiger partial charge on any atom is -0.436 e. The number of benzene rings is 1. The highest BCUT2D eigenvalue weighted by molar-refractivity contribution is 6.01. The molecule has 1 saturated heterocycles. The Hall–Kier alpha value is -4.24. The summed E-state index contributed by atoms with van der Waals surface area (Å²) in [6.45, 7) is 4.54. The molecule has 0 radical (unpaired) electrons. The summed E-state index contributed by atoms with van der Waals surface area (Å²) in [5.74, 6) is 2.64. The zero-order valence-corrected chi connectivity index (χ0v) is 19.5. The largest absolute Gasteiger partial charge is 0.436 e. The number of hydrogen-bond donors (Lipinski definition) is 2. The number of aromatic nitrogens is 4. The number of hydrogen-bond acceptors (Lipinski definition) is 9. The summed E-state index contributed by atoms with van der Waals surface area (Å²) in [4.78, 5) is 20.6. The maximum absolute atomic E-state index is 6.19. The van der Waals surface area contributed by atoms with Gasteiger partial charge in [0.2, 0.25) is 5.89 Å². The van der Waals surface area contributed by atoms with Crippen LogP contribution < -0.4 is 15.5 Å². The van der Waals surface area contributed by atoms with E-state index in [1.807, 2.05) is 37.4 Å². The standard InChI is InChI=1S/C26H25N7O2/c1-16-15-33(9-10-34-16)17-6-7-22-21(11-17)31-26(35-22)20-14-30-25(27-2)19-13-29-24(12-18(19)20)32-23-5-3-4-8-28-23/h3-8,11-14,16H,9-10,15H2,1-2H3,(H,27,30)(H,28,29,32)/t16-/m1/s1. The van der Waals surface area contributed by atoms with Crippen LogP contribution in [-0.2, 0) is 4.74 Å². The van der Waals surface area contributed by atoms with Gasteiger partial charge >= 0.3 is 0 Å². The van der Waals surface area contributed by atoms with Gasteiger partial charge in [0.15, 0.2) is 5.58 Å². The molecule has 0 aliphatic carbocycles. The summed E-state index contributed by atoms with van der Waals surface area (Å²) in [6, 6.07) is 13.8. The van der Waals surface area contributed by atoms with Crippen LogP contribution in [0.25, 0.3) is 33.3 Å². The fourth-order valence-corrected chi connectivity index (χ4v) is 4.42. The molecule has 0 spiro atoms. The van der Waals surface area contributed by atoms with Crippen molar-refractivity contribution in [2.24, 2.45) is 0 Å². The normalized spacial score (nSPS) is 16.1. The van der Waals surface area contributed by atoms with Gasteiger partial charge in [0.25, 0.3) is 0 Å². The molecule has 0 bridgehead atoms. The highest BCUT2D eigenvalue weighted by atomic mass is 16.5. The van der Waals surface area contributed by atoms with E-state index in [4.69, 9.17) is 14.1 Å². The minimum atomic E-state index is 0.206. The molecule has 1 fully saturated rings. The molecule has 4 aromatic heterocycles. The van der Waals surface area contributed by atoms with E-state index in [2.05, 4.69) is 49.5 Å². The van der Waals surface area contributed by atoms with Gasteiger partial charge < -0.3 is 24.7 Å². The molecule has 176 valence electrons. The summed E-state index contributed by atoms with van der Waals surface area (Å²) in [7, 11) is 1.84. The molecule has 9 heteroatoms. The maximum Gasteiger partial charge on any atom is 0.229 e. The topological polar surface area (TPSA) is 101 Å². The Kier molecular flexibility index (Phi) is 5.38. The van der Waals surface area contributed by atoms with Crippen molar-refractivity contribution >= 4 is 45.0 Å². The van der Waals surface area contributed by atoms with Gasteiger partial charge in [-0.2, -0.15) is 0 Å². The van der Waals surface area contributed by atoms with E-state index in [9.17, 15) is 0 Å². The van der Waals surface area contributed by atoms with E-state index in [0.29, 0.717) is 11.7 Å². The Morgan fingerprint density at radius 3 is 2.77 bits per heavy atom. The summed E-state index contributed by atoms with van der Waals surface area (Å²) < 4.78 is 11.9. The zero-order chi connectivity index (χ0) is 23.8. The van der Waals surface area contributed by atoms with Crippen LogP contribution in [0.5, 0.6) is 0 Å². The van der Waals surface area contributed by atoms with Crippen LogP contribution >= 0.6 is 0 Å². The van der Waals surface area contributed by atoms with E-state index in [0.717, 1.165) is 64.5 Å². The number of nitrogens with zero attached hydrogens (tertiary/aromatic N) is 5. The molecule has 5 heterocycles. The van der Waals surface area contributed by atoms with Crippen LogP contribution in [0.3, 0.4) is 0 Å². The van der Waals surface area contributed by atoms with Crippen molar-refractivity contribution in [3.63, 3.8) is 0 Å². The molecule has 1 atom stereocenters. The van der Waals surface area contributed by atoms with E-state index < -0.39 is 0 Å². The lowest BCUT2D eigenvalue weighted by atomic mass is 10.1. The zero-order valence-electron chi connectivity index (χ0n) is 19.5. The second-order valence-electron chi connectivity index (χ2n) is 8.52. The minimum absolute atomic E-state index is 0.206. The summed E-state index contributed by atoms with van der Waals surface area (Å²) in [6.07, 6.45) is 5.53. The molecule has 35 heavy (non-hydrogen) atoms. The highest BCUT2D eigenvalue weighted by Gasteiger charge is 2.19. The number of fused-ring (bicyclic) bond motifs is 2. The van der Waals surface area contributed by atoms with Crippen molar-refractivity contribution in [3.8, 4) is 11.5 Å². The lowest BCUT2D eigenvalue weighted by molar-refractivity contribution is 0.0532. The Morgan fingerprint density at radius 2 is 1.94 bits per heavy atom. The smallest absolute Gasteiger partial charge is 0.229 e. The van der Waals surface area contributed by atoms with Crippen molar-refractivity contribution in [1.29, 1.82) is 0 Å². The predicted molar refractivity (Wildman–Crippen MR) is 137 cm³/mol. The third kappa shape index (κ3) is 4.10. The molecule has 0 unspecified atom stereocenters. The Morgan fingerprint density at radius 1 is 1.00 bits per heavy atom. The predicted octanol–water partition coefficient (Wildman–Crippen LogP) is 4.84. The van der Waals surface area contributed by atoms with E-state index in [-0.39, 0.29) is 6.10 Å². The third-order valence-electron chi connectivity index (χ3n) is 6.14.